The zero-order chi connectivity index (χ0) is 20.8. The first-order valence-corrected chi connectivity index (χ1v) is 9.55. The van der Waals surface area contributed by atoms with Crippen molar-refractivity contribution in [2.45, 2.75) is 19.3 Å². The van der Waals surface area contributed by atoms with Crippen molar-refractivity contribution < 1.29 is 14.7 Å². The fourth-order valence-corrected chi connectivity index (χ4v) is 3.61. The third-order valence-electron chi connectivity index (χ3n) is 5.09. The predicted molar refractivity (Wildman–Crippen MR) is 110 cm³/mol. The van der Waals surface area contributed by atoms with Gasteiger partial charge in [-0.2, -0.15) is 5.26 Å². The lowest BCUT2D eigenvalue weighted by molar-refractivity contribution is -0.111. The minimum absolute atomic E-state index is 0.110. The Hall–Kier alpha value is -3.59. The lowest BCUT2D eigenvalue weighted by atomic mass is 9.90. The van der Waals surface area contributed by atoms with Gasteiger partial charge >= 0.3 is 0 Å². The van der Waals surface area contributed by atoms with Crippen LogP contribution < -0.4 is 5.32 Å². The number of benzene rings is 2. The average molecular weight is 389 g/mol. The van der Waals surface area contributed by atoms with E-state index >= 15 is 0 Å². The lowest BCUT2D eigenvalue weighted by Gasteiger charge is -2.33. The van der Waals surface area contributed by atoms with Gasteiger partial charge in [0.05, 0.1) is 17.2 Å². The Bertz CT molecular complexity index is 960. The van der Waals surface area contributed by atoms with Crippen molar-refractivity contribution in [3.05, 3.63) is 71.8 Å². The molecule has 2 aromatic rings. The first kappa shape index (κ1) is 20.2. The quantitative estimate of drug-likeness (QED) is 0.605. The number of nitrogens with zero attached hydrogens (tertiary/aromatic N) is 2. The van der Waals surface area contributed by atoms with Crippen molar-refractivity contribution in [3.63, 3.8) is 0 Å². The van der Waals surface area contributed by atoms with Gasteiger partial charge in [0.1, 0.15) is 5.75 Å². The van der Waals surface area contributed by atoms with Crippen LogP contribution >= 0.6 is 0 Å². The van der Waals surface area contributed by atoms with Crippen LogP contribution in [0.5, 0.6) is 5.75 Å². The van der Waals surface area contributed by atoms with Crippen LogP contribution in [0, 0.1) is 17.2 Å². The van der Waals surface area contributed by atoms with Gasteiger partial charge in [0.15, 0.2) is 0 Å². The second kappa shape index (κ2) is 9.07. The van der Waals surface area contributed by atoms with E-state index in [2.05, 4.69) is 18.0 Å². The molecule has 0 aliphatic carbocycles. The molecule has 1 aliphatic heterocycles. The van der Waals surface area contributed by atoms with Crippen molar-refractivity contribution in [1.29, 1.82) is 5.26 Å². The largest absolute Gasteiger partial charge is 0.507 e. The number of carbonyl (C=O) groups is 2. The van der Waals surface area contributed by atoms with Gasteiger partial charge in [0.25, 0.3) is 5.91 Å². The zero-order valence-electron chi connectivity index (χ0n) is 16.1. The van der Waals surface area contributed by atoms with Crippen LogP contribution in [-0.2, 0) is 11.2 Å². The number of hydrogen-bond acceptors (Lipinski definition) is 4. The van der Waals surface area contributed by atoms with Crippen LogP contribution in [0.25, 0.3) is 0 Å². The summed E-state index contributed by atoms with van der Waals surface area (Å²) in [6.45, 7) is 4.63. The van der Waals surface area contributed by atoms with Gasteiger partial charge in [-0.1, -0.05) is 18.7 Å². The van der Waals surface area contributed by atoms with Crippen LogP contribution in [0.2, 0.25) is 0 Å². The summed E-state index contributed by atoms with van der Waals surface area (Å²) in [5.41, 5.74) is 2.38. The molecule has 0 radical (unpaired) electrons. The molecule has 3 rings (SSSR count). The lowest BCUT2D eigenvalue weighted by Crippen LogP contribution is -2.40. The summed E-state index contributed by atoms with van der Waals surface area (Å²) in [6.07, 6.45) is 3.88. The first-order valence-electron chi connectivity index (χ1n) is 9.55. The van der Waals surface area contributed by atoms with E-state index in [4.69, 9.17) is 5.26 Å². The summed E-state index contributed by atoms with van der Waals surface area (Å²) in [7, 11) is 0. The Labute approximate surface area is 170 Å². The predicted octanol–water partition coefficient (Wildman–Crippen LogP) is 3.48. The number of anilines is 1. The summed E-state index contributed by atoms with van der Waals surface area (Å²) < 4.78 is 0. The standard InChI is InChI=1S/C23H23N3O3/c1-2-22(28)25-19-9-10-21(27)20(13-19)23(29)26-11-3-4-18(15-26)12-16-5-7-17(14-24)8-6-16/h2,5-10,13,18,27H,1,3-4,11-12,15H2,(H,25,28). The molecule has 1 atom stereocenters. The first-order chi connectivity index (χ1) is 14.0. The molecular weight excluding hydrogens is 366 g/mol. The number of phenolic OH excluding ortho intramolecular Hbond substituents is 1. The molecule has 2 N–H and O–H groups in total. The SMILES string of the molecule is C=CC(=O)Nc1ccc(O)c(C(=O)N2CCCC(Cc3ccc(C#N)cc3)C2)c1. The van der Waals surface area contributed by atoms with Gasteiger partial charge in [-0.25, -0.2) is 0 Å². The number of aromatic hydroxyl groups is 1. The summed E-state index contributed by atoms with van der Waals surface area (Å²) in [5.74, 6) is -0.427. The molecule has 1 unspecified atom stereocenters. The minimum atomic E-state index is -0.380. The minimum Gasteiger partial charge on any atom is -0.507 e. The number of amides is 2. The van der Waals surface area contributed by atoms with Crippen LogP contribution in [0.3, 0.4) is 0 Å². The van der Waals surface area contributed by atoms with Gasteiger partial charge in [-0.05, 0) is 67.2 Å². The number of rotatable bonds is 5. The van der Waals surface area contributed by atoms with E-state index in [1.165, 1.54) is 18.2 Å². The highest BCUT2D eigenvalue weighted by molar-refractivity contribution is 6.02. The molecule has 29 heavy (non-hydrogen) atoms. The molecule has 0 spiro atoms. The number of hydrogen-bond donors (Lipinski definition) is 2. The molecule has 6 heteroatoms. The Morgan fingerprint density at radius 2 is 2.03 bits per heavy atom. The third-order valence-corrected chi connectivity index (χ3v) is 5.09. The molecule has 148 valence electrons. The van der Waals surface area contributed by atoms with Gasteiger partial charge in [0, 0.05) is 18.8 Å². The number of carbonyl (C=O) groups excluding carboxylic acids is 2. The maximum Gasteiger partial charge on any atom is 0.257 e. The van der Waals surface area contributed by atoms with Crippen molar-refractivity contribution in [3.8, 4) is 11.8 Å². The molecule has 1 fully saturated rings. The van der Waals surface area contributed by atoms with Crippen LogP contribution in [0.1, 0.15) is 34.3 Å². The summed E-state index contributed by atoms with van der Waals surface area (Å²) in [4.78, 5) is 26.3. The highest BCUT2D eigenvalue weighted by Crippen LogP contribution is 2.27. The molecule has 6 nitrogen and oxygen atoms in total. The Morgan fingerprint density at radius 1 is 1.28 bits per heavy atom. The van der Waals surface area contributed by atoms with Gasteiger partial charge in [-0.3, -0.25) is 9.59 Å². The van der Waals surface area contributed by atoms with Crippen LogP contribution in [0.4, 0.5) is 5.69 Å². The van der Waals surface area contributed by atoms with Crippen molar-refractivity contribution >= 4 is 17.5 Å². The van der Waals surface area contributed by atoms with Gasteiger partial charge in [-0.15, -0.1) is 0 Å². The number of nitrogens with one attached hydrogen (secondary N) is 1. The van der Waals surface area contributed by atoms with E-state index in [-0.39, 0.29) is 23.1 Å². The van der Waals surface area contributed by atoms with Gasteiger partial charge in [0.2, 0.25) is 5.91 Å². The molecule has 0 saturated carbocycles. The van der Waals surface area contributed by atoms with E-state index in [9.17, 15) is 14.7 Å². The maximum atomic E-state index is 13.0. The Kier molecular flexibility index (Phi) is 6.30. The second-order valence-electron chi connectivity index (χ2n) is 7.20. The van der Waals surface area contributed by atoms with Crippen molar-refractivity contribution in [2.75, 3.05) is 18.4 Å². The van der Waals surface area contributed by atoms with E-state index in [1.807, 2.05) is 24.3 Å². The Morgan fingerprint density at radius 3 is 2.72 bits per heavy atom. The second-order valence-corrected chi connectivity index (χ2v) is 7.20. The van der Waals surface area contributed by atoms with Gasteiger partial charge < -0.3 is 15.3 Å². The van der Waals surface area contributed by atoms with Crippen LogP contribution in [-0.4, -0.2) is 34.9 Å². The monoisotopic (exact) mass is 389 g/mol. The highest BCUT2D eigenvalue weighted by atomic mass is 16.3. The number of piperidine rings is 1. The molecular formula is C23H23N3O3. The molecule has 2 amide bonds. The summed E-state index contributed by atoms with van der Waals surface area (Å²) in [5, 5.41) is 21.7. The number of phenols is 1. The average Bonchev–Trinajstić information content (AvgIpc) is 2.75. The molecule has 0 aromatic heterocycles. The maximum absolute atomic E-state index is 13.0. The number of nitriles is 1. The Balaban J connectivity index is 1.70. The zero-order valence-corrected chi connectivity index (χ0v) is 16.1. The topological polar surface area (TPSA) is 93.4 Å². The highest BCUT2D eigenvalue weighted by Gasteiger charge is 2.26. The smallest absolute Gasteiger partial charge is 0.257 e. The van der Waals surface area contributed by atoms with E-state index < -0.39 is 0 Å². The molecule has 2 aromatic carbocycles. The van der Waals surface area contributed by atoms with Crippen molar-refractivity contribution in [1.82, 2.24) is 4.90 Å². The number of likely N-dealkylation sites (tertiary alicyclic amines) is 1. The molecule has 1 heterocycles. The molecule has 1 aliphatic rings. The van der Waals surface area contributed by atoms with E-state index in [0.29, 0.717) is 30.3 Å². The van der Waals surface area contributed by atoms with Crippen molar-refractivity contribution in [2.24, 2.45) is 5.92 Å². The summed E-state index contributed by atoms with van der Waals surface area (Å²) in [6, 6.07) is 14.1. The fourth-order valence-electron chi connectivity index (χ4n) is 3.61. The van der Waals surface area contributed by atoms with E-state index in [0.717, 1.165) is 30.9 Å². The van der Waals surface area contributed by atoms with E-state index in [1.54, 1.807) is 4.90 Å². The normalized spacial score (nSPS) is 16.0. The molecule has 1 saturated heterocycles. The fraction of sp³-hybridized carbons (Fsp3) is 0.261. The van der Waals surface area contributed by atoms with Crippen LogP contribution in [0.15, 0.2) is 55.1 Å². The summed E-state index contributed by atoms with van der Waals surface area (Å²) >= 11 is 0. The molecule has 0 bridgehead atoms. The third kappa shape index (κ3) is 5.02.